The zero-order valence-corrected chi connectivity index (χ0v) is 11.1. The van der Waals surface area contributed by atoms with Gasteiger partial charge in [0.2, 0.25) is 0 Å². The highest BCUT2D eigenvalue weighted by atomic mass is 31.2. The van der Waals surface area contributed by atoms with Gasteiger partial charge in [-0.25, -0.2) is 9.13 Å². The van der Waals surface area contributed by atoms with Crippen molar-refractivity contribution in [2.45, 2.75) is 13.1 Å². The van der Waals surface area contributed by atoms with Crippen LogP contribution in [-0.4, -0.2) is 41.2 Å². The van der Waals surface area contributed by atoms with E-state index in [1.165, 1.54) is 6.92 Å². The van der Waals surface area contributed by atoms with Gasteiger partial charge in [0.05, 0.1) is 6.61 Å². The van der Waals surface area contributed by atoms with Crippen molar-refractivity contribution in [1.82, 2.24) is 0 Å². The summed E-state index contributed by atoms with van der Waals surface area (Å²) < 4.78 is 67.3. The molecule has 0 aromatic heterocycles. The zero-order chi connectivity index (χ0) is 15.0. The molecule has 0 saturated carbocycles. The largest absolute Gasteiger partial charge is 0.474 e. The van der Waals surface area contributed by atoms with Crippen molar-refractivity contribution in [2.75, 3.05) is 20.3 Å². The van der Waals surface area contributed by atoms with E-state index in [2.05, 4.69) is 13.6 Å². The van der Waals surface area contributed by atoms with Crippen LogP contribution in [0.3, 0.4) is 0 Å². The molecule has 18 heavy (non-hydrogen) atoms. The predicted octanol–water partition coefficient (Wildman–Crippen LogP) is 1.43. The maximum absolute atomic E-state index is 11.6. The van der Waals surface area contributed by atoms with Gasteiger partial charge in [-0.2, -0.15) is 13.2 Å². The molecule has 0 amide bonds. The molecule has 0 aliphatic carbocycles. The van der Waals surface area contributed by atoms with Crippen molar-refractivity contribution in [3.63, 3.8) is 0 Å². The average molecular weight is 320 g/mol. The lowest BCUT2D eigenvalue weighted by atomic mass is 10.7. The van der Waals surface area contributed by atoms with Crippen LogP contribution in [0.25, 0.3) is 0 Å². The monoisotopic (exact) mass is 320 g/mol. The molecule has 1 atom stereocenters. The minimum atomic E-state index is -4.64. The molecule has 0 aromatic carbocycles. The Labute approximate surface area is 101 Å². The summed E-state index contributed by atoms with van der Waals surface area (Å²) in [6, 6.07) is 0. The van der Waals surface area contributed by atoms with E-state index in [9.17, 15) is 17.7 Å². The minimum Gasteiger partial charge on any atom is -0.303 e. The summed E-state index contributed by atoms with van der Waals surface area (Å²) in [5, 5.41) is 0. The van der Waals surface area contributed by atoms with E-state index in [1.54, 1.807) is 0 Å². The maximum atomic E-state index is 11.6. The van der Waals surface area contributed by atoms with Gasteiger partial charge in [0, 0.05) is 7.11 Å². The number of hydrogen-bond donors (Lipinski definition) is 3. The lowest BCUT2D eigenvalue weighted by Crippen LogP contribution is -2.16. The van der Waals surface area contributed by atoms with Crippen LogP contribution in [0.15, 0.2) is 0 Å². The molecule has 0 fully saturated rings. The number of alkyl halides is 3. The molecule has 13 heteroatoms. The molecule has 8 nitrogen and oxygen atoms in total. The first-order chi connectivity index (χ1) is 7.83. The summed E-state index contributed by atoms with van der Waals surface area (Å²) in [6.07, 6.45) is -4.55. The third-order valence-corrected chi connectivity index (χ3v) is 2.36. The second-order valence-electron chi connectivity index (χ2n) is 2.45. The van der Waals surface area contributed by atoms with Gasteiger partial charge in [-0.15, -0.1) is 0 Å². The fraction of sp³-hybridized carbons (Fsp3) is 1.00. The summed E-state index contributed by atoms with van der Waals surface area (Å²) in [5.74, 6) is 0. The summed E-state index contributed by atoms with van der Waals surface area (Å²) >= 11 is 0. The van der Waals surface area contributed by atoms with E-state index in [4.69, 9.17) is 19.2 Å². The normalized spacial score (nSPS) is 15.6. The van der Waals surface area contributed by atoms with E-state index < -0.39 is 28.4 Å². The lowest BCUT2D eigenvalue weighted by molar-refractivity contribution is -0.157. The Morgan fingerprint density at radius 2 is 1.50 bits per heavy atom. The quantitative estimate of drug-likeness (QED) is 0.650. The van der Waals surface area contributed by atoms with Crippen molar-refractivity contribution in [3.05, 3.63) is 0 Å². The molecule has 0 bridgehead atoms. The molecule has 0 aliphatic heterocycles. The average Bonchev–Trinajstić information content (AvgIpc) is 2.12. The van der Waals surface area contributed by atoms with Gasteiger partial charge >= 0.3 is 21.8 Å². The Hall–Kier alpha value is 0.01000. The van der Waals surface area contributed by atoms with Crippen LogP contribution in [0, 0.1) is 0 Å². The van der Waals surface area contributed by atoms with Crippen molar-refractivity contribution in [3.8, 4) is 0 Å². The Kier molecular flexibility index (Phi) is 9.30. The molecule has 0 aliphatic rings. The van der Waals surface area contributed by atoms with Crippen molar-refractivity contribution in [2.24, 2.45) is 0 Å². The Bertz CT molecular complexity index is 304. The number of halogens is 3. The van der Waals surface area contributed by atoms with Crippen molar-refractivity contribution < 1.29 is 50.6 Å². The molecule has 0 aromatic rings. The highest BCUT2D eigenvalue weighted by Gasteiger charge is 2.34. The van der Waals surface area contributed by atoms with Gasteiger partial charge in [-0.1, -0.05) is 0 Å². The third-order valence-electron chi connectivity index (χ3n) is 0.897. The highest BCUT2D eigenvalue weighted by molar-refractivity contribution is 7.48. The molecule has 0 spiro atoms. The molecule has 0 heterocycles. The summed E-state index contributed by atoms with van der Waals surface area (Å²) in [5.41, 5.74) is 0. The third kappa shape index (κ3) is 18.4. The van der Waals surface area contributed by atoms with Gasteiger partial charge in [0.15, 0.2) is 6.61 Å². The second kappa shape index (κ2) is 8.23. The van der Waals surface area contributed by atoms with Gasteiger partial charge in [0.25, 0.3) is 0 Å². The molecule has 3 N–H and O–H groups in total. The Morgan fingerprint density at radius 1 is 1.11 bits per heavy atom. The van der Waals surface area contributed by atoms with Crippen LogP contribution in [0.2, 0.25) is 0 Å². The van der Waals surface area contributed by atoms with Gasteiger partial charge in [-0.3, -0.25) is 13.6 Å². The predicted molar refractivity (Wildman–Crippen MR) is 52.5 cm³/mol. The molecule has 1 unspecified atom stereocenters. The smallest absolute Gasteiger partial charge is 0.303 e. The van der Waals surface area contributed by atoms with Crippen molar-refractivity contribution >= 4 is 15.6 Å². The fourth-order valence-corrected chi connectivity index (χ4v) is 1.36. The molecular weight excluding hydrogens is 307 g/mol. The lowest BCUT2D eigenvalue weighted by Gasteiger charge is -2.15. The van der Waals surface area contributed by atoms with Gasteiger partial charge < -0.3 is 14.7 Å². The number of rotatable bonds is 5. The molecule has 0 rings (SSSR count). The minimum absolute atomic E-state index is 0.0526. The maximum Gasteiger partial charge on any atom is 0.474 e. The molecule has 0 saturated heterocycles. The molecular formula is C5H13F3O8P2. The molecule has 112 valence electrons. The summed E-state index contributed by atoms with van der Waals surface area (Å²) in [4.78, 5) is 21.6. The van der Waals surface area contributed by atoms with E-state index in [0.29, 0.717) is 0 Å². The first-order valence-corrected chi connectivity index (χ1v) is 7.15. The topological polar surface area (TPSA) is 123 Å². The van der Waals surface area contributed by atoms with Crippen LogP contribution < -0.4 is 0 Å². The van der Waals surface area contributed by atoms with E-state index in [0.717, 1.165) is 7.11 Å². The van der Waals surface area contributed by atoms with Gasteiger partial charge in [-0.05, 0) is 6.92 Å². The molecule has 0 radical (unpaired) electrons. The van der Waals surface area contributed by atoms with E-state index in [-0.39, 0.29) is 6.61 Å². The second-order valence-corrected chi connectivity index (χ2v) is 5.25. The summed E-state index contributed by atoms with van der Waals surface area (Å²) in [6.45, 7) is -0.246. The highest BCUT2D eigenvalue weighted by Crippen LogP contribution is 2.49. The van der Waals surface area contributed by atoms with Crippen LogP contribution in [0.4, 0.5) is 13.2 Å². The SMILES string of the molecule is CCOP(=O)(OC)OCC(F)(F)F.O=P(O)(O)O. The first kappa shape index (κ1) is 20.3. The van der Waals surface area contributed by atoms with Crippen LogP contribution >= 0.6 is 15.6 Å². The number of hydrogen-bond acceptors (Lipinski definition) is 5. The van der Waals surface area contributed by atoms with Crippen molar-refractivity contribution in [1.29, 1.82) is 0 Å². The number of phosphoric acid groups is 2. The van der Waals surface area contributed by atoms with Gasteiger partial charge in [0.1, 0.15) is 0 Å². The fourth-order valence-electron chi connectivity index (χ4n) is 0.453. The van der Waals surface area contributed by atoms with Crippen LogP contribution in [-0.2, 0) is 22.7 Å². The summed E-state index contributed by atoms with van der Waals surface area (Å²) in [7, 11) is -7.70. The first-order valence-electron chi connectivity index (χ1n) is 4.13. The standard InChI is InChI=1S/C5H10F3O4P.H3O4P/c1-3-11-13(9,10-2)12-4-5(6,7)8;1-5(2,3)4/h3-4H2,1-2H3;(H3,1,2,3,4). The van der Waals surface area contributed by atoms with E-state index >= 15 is 0 Å². The zero-order valence-electron chi connectivity index (χ0n) is 9.33. The van der Waals surface area contributed by atoms with Crippen LogP contribution in [0.5, 0.6) is 0 Å². The Balaban J connectivity index is 0. The Morgan fingerprint density at radius 3 is 1.72 bits per heavy atom. The van der Waals surface area contributed by atoms with Crippen LogP contribution in [0.1, 0.15) is 6.92 Å². The number of phosphoric ester groups is 1. The van der Waals surface area contributed by atoms with E-state index in [1.807, 2.05) is 0 Å².